The van der Waals surface area contributed by atoms with Crippen LogP contribution in [0.5, 0.6) is 5.75 Å². The second-order valence-corrected chi connectivity index (χ2v) is 4.94. The minimum Gasteiger partial charge on any atom is -0.493 e. The minimum atomic E-state index is -2.36. The molecular weight excluding hydrogens is 320 g/mol. The second-order valence-electron chi connectivity index (χ2n) is 4.94. The van der Waals surface area contributed by atoms with Crippen LogP contribution in [0.1, 0.15) is 17.0 Å². The first-order valence-corrected chi connectivity index (χ1v) is 6.45. The molecule has 1 heterocycles. The zero-order valence-corrected chi connectivity index (χ0v) is 11.5. The Morgan fingerprint density at radius 3 is 2.48 bits per heavy atom. The van der Waals surface area contributed by atoms with Gasteiger partial charge in [0.1, 0.15) is 17.4 Å². The van der Waals surface area contributed by atoms with E-state index in [1.54, 1.807) is 0 Å². The number of carboxylic acid groups (broad SMARTS) is 2. The largest absolute Gasteiger partial charge is 0.493 e. The highest BCUT2D eigenvalue weighted by Crippen LogP contribution is 2.37. The SMILES string of the molecule is O=C(O)C(C(=O)O)[C@@H](C[N+](=O)[O-])c1c(F)cc2c(c1F)CCO2. The molecule has 1 aromatic rings. The molecule has 0 fully saturated rings. The smallest absolute Gasteiger partial charge is 0.318 e. The third kappa shape index (κ3) is 3.05. The Morgan fingerprint density at radius 2 is 1.96 bits per heavy atom. The fraction of sp³-hybridized carbons (Fsp3) is 0.385. The van der Waals surface area contributed by atoms with Crippen LogP contribution in [0.15, 0.2) is 6.07 Å². The van der Waals surface area contributed by atoms with Crippen LogP contribution >= 0.6 is 0 Å². The Bertz CT molecular complexity index is 677. The average Bonchev–Trinajstić information content (AvgIpc) is 2.85. The van der Waals surface area contributed by atoms with Crippen molar-refractivity contribution in [3.8, 4) is 5.75 Å². The molecule has 0 radical (unpaired) electrons. The average molecular weight is 331 g/mol. The highest BCUT2D eigenvalue weighted by atomic mass is 19.1. The van der Waals surface area contributed by atoms with Crippen LogP contribution in [0, 0.1) is 27.7 Å². The molecule has 0 aromatic heterocycles. The molecule has 0 spiro atoms. The van der Waals surface area contributed by atoms with Crippen LogP contribution in [0.25, 0.3) is 0 Å². The summed E-state index contributed by atoms with van der Waals surface area (Å²) in [6.45, 7) is -1.16. The number of carbonyl (C=O) groups is 2. The molecule has 0 saturated heterocycles. The number of aliphatic carboxylic acids is 2. The number of nitrogens with zero attached hydrogens (tertiary/aromatic N) is 1. The second kappa shape index (κ2) is 6.15. The summed E-state index contributed by atoms with van der Waals surface area (Å²) in [6.07, 6.45) is 0.0738. The van der Waals surface area contributed by atoms with Gasteiger partial charge in [-0.15, -0.1) is 0 Å². The molecule has 0 aliphatic carbocycles. The van der Waals surface area contributed by atoms with E-state index in [0.29, 0.717) is 0 Å². The molecule has 8 nitrogen and oxygen atoms in total. The highest BCUT2D eigenvalue weighted by Gasteiger charge is 2.43. The van der Waals surface area contributed by atoms with E-state index in [9.17, 15) is 28.5 Å². The first-order valence-electron chi connectivity index (χ1n) is 6.45. The van der Waals surface area contributed by atoms with Crippen LogP contribution in [-0.2, 0) is 16.0 Å². The Kier molecular flexibility index (Phi) is 4.43. The number of hydrogen-bond acceptors (Lipinski definition) is 5. The predicted octanol–water partition coefficient (Wildman–Crippen LogP) is 1.05. The third-order valence-electron chi connectivity index (χ3n) is 3.57. The maximum absolute atomic E-state index is 14.5. The number of benzene rings is 1. The van der Waals surface area contributed by atoms with Gasteiger partial charge in [-0.1, -0.05) is 0 Å². The number of ether oxygens (including phenoxy) is 1. The lowest BCUT2D eigenvalue weighted by atomic mass is 9.84. The maximum atomic E-state index is 14.5. The van der Waals surface area contributed by atoms with Gasteiger partial charge in [-0.3, -0.25) is 19.7 Å². The molecular formula is C13H11F2NO7. The van der Waals surface area contributed by atoms with Crippen molar-refractivity contribution in [3.05, 3.63) is 38.9 Å². The van der Waals surface area contributed by atoms with Crippen molar-refractivity contribution in [1.29, 1.82) is 0 Å². The standard InChI is InChI=1S/C13H11F2NO7/c14-7-3-8-5(1-2-23-8)11(15)9(7)6(4-16(21)22)10(12(17)18)13(19)20/h3,6,10H,1-2,4H2,(H,17,18)(H,19,20)/t6-/m0/s1. The lowest BCUT2D eigenvalue weighted by molar-refractivity contribution is -0.484. The Balaban J connectivity index is 2.62. The number of carboxylic acids is 2. The Labute approximate surface area is 127 Å². The molecule has 0 amide bonds. The van der Waals surface area contributed by atoms with Crippen molar-refractivity contribution in [3.63, 3.8) is 0 Å². The van der Waals surface area contributed by atoms with E-state index < -0.39 is 52.4 Å². The molecule has 0 bridgehead atoms. The predicted molar refractivity (Wildman–Crippen MR) is 68.9 cm³/mol. The summed E-state index contributed by atoms with van der Waals surface area (Å²) < 4.78 is 33.6. The summed E-state index contributed by atoms with van der Waals surface area (Å²) in [4.78, 5) is 32.0. The van der Waals surface area contributed by atoms with Gasteiger partial charge in [-0.2, -0.15) is 0 Å². The molecule has 1 atom stereocenters. The van der Waals surface area contributed by atoms with Crippen LogP contribution < -0.4 is 4.74 Å². The summed E-state index contributed by atoms with van der Waals surface area (Å²) in [5, 5.41) is 28.7. The van der Waals surface area contributed by atoms with Gasteiger partial charge in [-0.05, 0) is 0 Å². The zero-order valence-electron chi connectivity index (χ0n) is 11.5. The van der Waals surface area contributed by atoms with Crippen molar-refractivity contribution >= 4 is 11.9 Å². The van der Waals surface area contributed by atoms with Gasteiger partial charge in [-0.25, -0.2) is 8.78 Å². The highest BCUT2D eigenvalue weighted by molar-refractivity contribution is 5.94. The first kappa shape index (κ1) is 16.6. The number of hydrogen-bond donors (Lipinski definition) is 2. The van der Waals surface area contributed by atoms with Crippen molar-refractivity contribution in [2.45, 2.75) is 12.3 Å². The van der Waals surface area contributed by atoms with Crippen LogP contribution in [0.2, 0.25) is 0 Å². The molecule has 1 aliphatic rings. The van der Waals surface area contributed by atoms with Crippen LogP contribution in [0.3, 0.4) is 0 Å². The maximum Gasteiger partial charge on any atom is 0.318 e. The van der Waals surface area contributed by atoms with Gasteiger partial charge in [0.05, 0.1) is 12.5 Å². The van der Waals surface area contributed by atoms with Crippen molar-refractivity contribution < 1.29 is 38.2 Å². The van der Waals surface area contributed by atoms with E-state index in [2.05, 4.69) is 0 Å². The lowest BCUT2D eigenvalue weighted by Crippen LogP contribution is -2.34. The van der Waals surface area contributed by atoms with E-state index in [1.165, 1.54) is 0 Å². The zero-order chi connectivity index (χ0) is 17.3. The van der Waals surface area contributed by atoms with E-state index >= 15 is 0 Å². The van der Waals surface area contributed by atoms with Gasteiger partial charge in [0.2, 0.25) is 6.54 Å². The Morgan fingerprint density at radius 1 is 1.35 bits per heavy atom. The lowest BCUT2D eigenvalue weighted by Gasteiger charge is -2.20. The first-order chi connectivity index (χ1) is 10.7. The molecule has 0 unspecified atom stereocenters. The monoisotopic (exact) mass is 331 g/mol. The van der Waals surface area contributed by atoms with Gasteiger partial charge in [0, 0.05) is 28.5 Å². The summed E-state index contributed by atoms with van der Waals surface area (Å²) in [5.74, 6) is -10.7. The Hall–Kier alpha value is -2.78. The van der Waals surface area contributed by atoms with Gasteiger partial charge in [0.15, 0.2) is 5.92 Å². The van der Waals surface area contributed by atoms with Gasteiger partial charge in [0.25, 0.3) is 0 Å². The quantitative estimate of drug-likeness (QED) is 0.453. The third-order valence-corrected chi connectivity index (χ3v) is 3.57. The molecule has 23 heavy (non-hydrogen) atoms. The normalized spacial score (nSPS) is 14.2. The van der Waals surface area contributed by atoms with Crippen LogP contribution in [0.4, 0.5) is 8.78 Å². The van der Waals surface area contributed by atoms with Crippen molar-refractivity contribution in [2.24, 2.45) is 5.92 Å². The molecule has 0 saturated carbocycles. The number of fused-ring (bicyclic) bond motifs is 1. The number of halogens is 2. The van der Waals surface area contributed by atoms with Gasteiger partial charge >= 0.3 is 11.9 Å². The molecule has 124 valence electrons. The molecule has 1 aliphatic heterocycles. The molecule has 2 N–H and O–H groups in total. The summed E-state index contributed by atoms with van der Waals surface area (Å²) in [5.41, 5.74) is -0.968. The summed E-state index contributed by atoms with van der Waals surface area (Å²) >= 11 is 0. The van der Waals surface area contributed by atoms with Crippen molar-refractivity contribution in [2.75, 3.05) is 13.2 Å². The van der Waals surface area contributed by atoms with Crippen LogP contribution in [-0.4, -0.2) is 40.2 Å². The minimum absolute atomic E-state index is 0.0516. The van der Waals surface area contributed by atoms with Gasteiger partial charge < -0.3 is 14.9 Å². The number of rotatable bonds is 6. The topological polar surface area (TPSA) is 127 Å². The van der Waals surface area contributed by atoms with Crippen molar-refractivity contribution in [1.82, 2.24) is 0 Å². The van der Waals surface area contributed by atoms with E-state index in [-0.39, 0.29) is 24.3 Å². The fourth-order valence-electron chi connectivity index (χ4n) is 2.59. The van der Waals surface area contributed by atoms with E-state index in [4.69, 9.17) is 14.9 Å². The number of nitro groups is 1. The summed E-state index contributed by atoms with van der Waals surface area (Å²) in [6, 6.07) is 0.786. The van der Waals surface area contributed by atoms with E-state index in [0.717, 1.165) is 6.07 Å². The molecule has 1 aromatic carbocycles. The fourth-order valence-corrected chi connectivity index (χ4v) is 2.59. The molecule has 2 rings (SSSR count). The molecule has 10 heteroatoms. The summed E-state index contributed by atoms with van der Waals surface area (Å²) in [7, 11) is 0. The van der Waals surface area contributed by atoms with E-state index in [1.807, 2.05) is 0 Å².